The minimum absolute atomic E-state index is 0.340. The van der Waals surface area contributed by atoms with Crippen LogP contribution in [0.4, 0.5) is 0 Å². The Balaban J connectivity index is 4.39. The van der Waals surface area contributed by atoms with Gasteiger partial charge in [-0.3, -0.25) is 0 Å². The van der Waals surface area contributed by atoms with Crippen LogP contribution in [0.1, 0.15) is 47.0 Å². The molecule has 2 unspecified atom stereocenters. The van der Waals surface area contributed by atoms with Gasteiger partial charge in [-0.1, -0.05) is 20.8 Å². The smallest absolute Gasteiger partial charge is 0.156 e. The van der Waals surface area contributed by atoms with Crippen LogP contribution in [0.15, 0.2) is 23.7 Å². The van der Waals surface area contributed by atoms with Crippen molar-refractivity contribution in [2.45, 2.75) is 53.1 Å². The van der Waals surface area contributed by atoms with Crippen LogP contribution >= 0.6 is 0 Å². The van der Waals surface area contributed by atoms with Crippen molar-refractivity contribution in [2.75, 3.05) is 20.8 Å². The third kappa shape index (κ3) is 7.93. The predicted molar refractivity (Wildman–Crippen MR) is 80.0 cm³/mol. The molecule has 0 aliphatic carbocycles. The van der Waals surface area contributed by atoms with Crippen molar-refractivity contribution in [3.05, 3.63) is 23.7 Å². The normalized spacial score (nSPS) is 16.1. The lowest BCUT2D eigenvalue weighted by Gasteiger charge is -2.15. The highest BCUT2D eigenvalue weighted by molar-refractivity contribution is 5.20. The summed E-state index contributed by atoms with van der Waals surface area (Å²) in [6.45, 7) is 9.27. The van der Waals surface area contributed by atoms with E-state index >= 15 is 0 Å². The number of ether oxygens (including phenoxy) is 3. The summed E-state index contributed by atoms with van der Waals surface area (Å²) in [6, 6.07) is 0. The van der Waals surface area contributed by atoms with E-state index in [0.29, 0.717) is 12.0 Å². The minimum atomic E-state index is 0.340. The van der Waals surface area contributed by atoms with E-state index in [1.54, 1.807) is 14.2 Å². The molecule has 0 aromatic heterocycles. The highest BCUT2D eigenvalue weighted by Crippen LogP contribution is 2.17. The number of hydrogen-bond donors (Lipinski definition) is 0. The third-order valence-corrected chi connectivity index (χ3v) is 3.06. The summed E-state index contributed by atoms with van der Waals surface area (Å²) in [5.74, 6) is 2.01. The van der Waals surface area contributed by atoms with Crippen molar-refractivity contribution in [3.8, 4) is 0 Å². The highest BCUT2D eigenvalue weighted by Gasteiger charge is 2.08. The number of allylic oxidation sites excluding steroid dienone is 2. The highest BCUT2D eigenvalue weighted by atomic mass is 16.5. The van der Waals surface area contributed by atoms with Crippen LogP contribution in [0.5, 0.6) is 0 Å². The standard InChI is InChI=1S/C16H30O3/c1-7-9-15(17-5)16(18-6)12-13(3)10-11-19-14(4)8-2/h9,12-14H,7-8,10-11H2,1-6H3/b15-9+,16-12+. The topological polar surface area (TPSA) is 27.7 Å². The van der Waals surface area contributed by atoms with E-state index < -0.39 is 0 Å². The van der Waals surface area contributed by atoms with Crippen molar-refractivity contribution in [2.24, 2.45) is 5.92 Å². The van der Waals surface area contributed by atoms with Crippen LogP contribution < -0.4 is 0 Å². The van der Waals surface area contributed by atoms with Gasteiger partial charge in [0.15, 0.2) is 11.5 Å². The summed E-state index contributed by atoms with van der Waals surface area (Å²) in [7, 11) is 3.35. The summed E-state index contributed by atoms with van der Waals surface area (Å²) in [6.07, 6.45) is 7.44. The zero-order valence-corrected chi connectivity index (χ0v) is 13.4. The first-order chi connectivity index (χ1) is 9.08. The first kappa shape index (κ1) is 18.0. The van der Waals surface area contributed by atoms with Crippen LogP contribution in [-0.4, -0.2) is 26.9 Å². The first-order valence-corrected chi connectivity index (χ1v) is 7.20. The lowest BCUT2D eigenvalue weighted by atomic mass is 10.1. The molecular weight excluding hydrogens is 240 g/mol. The molecule has 0 bridgehead atoms. The zero-order chi connectivity index (χ0) is 14.7. The van der Waals surface area contributed by atoms with Gasteiger partial charge in [-0.15, -0.1) is 0 Å². The second-order valence-electron chi connectivity index (χ2n) is 4.77. The molecule has 0 aromatic rings. The molecule has 0 fully saturated rings. The molecule has 0 saturated carbocycles. The van der Waals surface area contributed by atoms with Crippen LogP contribution in [0, 0.1) is 5.92 Å². The Hall–Kier alpha value is -0.960. The molecule has 0 aromatic carbocycles. The van der Waals surface area contributed by atoms with Crippen molar-refractivity contribution < 1.29 is 14.2 Å². The largest absolute Gasteiger partial charge is 0.493 e. The second-order valence-corrected chi connectivity index (χ2v) is 4.77. The Morgan fingerprint density at radius 3 is 2.16 bits per heavy atom. The van der Waals surface area contributed by atoms with E-state index in [4.69, 9.17) is 14.2 Å². The average Bonchev–Trinajstić information content (AvgIpc) is 2.42. The Bertz CT molecular complexity index is 282. The van der Waals surface area contributed by atoms with Gasteiger partial charge < -0.3 is 14.2 Å². The molecular formula is C16H30O3. The van der Waals surface area contributed by atoms with Gasteiger partial charge in [-0.05, 0) is 44.3 Å². The summed E-state index contributed by atoms with van der Waals surface area (Å²) >= 11 is 0. The van der Waals surface area contributed by atoms with Crippen molar-refractivity contribution in [1.29, 1.82) is 0 Å². The molecule has 0 aliphatic heterocycles. The molecule has 0 aliphatic rings. The average molecular weight is 270 g/mol. The predicted octanol–water partition coefficient (Wildman–Crippen LogP) is 4.30. The fourth-order valence-electron chi connectivity index (χ4n) is 1.64. The van der Waals surface area contributed by atoms with Crippen molar-refractivity contribution in [1.82, 2.24) is 0 Å². The molecule has 3 heteroatoms. The maximum absolute atomic E-state index is 5.70. The van der Waals surface area contributed by atoms with Crippen molar-refractivity contribution in [3.63, 3.8) is 0 Å². The van der Waals surface area contributed by atoms with Crippen LogP contribution in [0.2, 0.25) is 0 Å². The summed E-state index contributed by atoms with van der Waals surface area (Å²) in [4.78, 5) is 0. The fourth-order valence-corrected chi connectivity index (χ4v) is 1.64. The van der Waals surface area contributed by atoms with E-state index in [1.165, 1.54) is 0 Å². The Morgan fingerprint density at radius 2 is 1.68 bits per heavy atom. The minimum Gasteiger partial charge on any atom is -0.493 e. The van der Waals surface area contributed by atoms with Gasteiger partial charge in [0.1, 0.15) is 0 Å². The summed E-state index contributed by atoms with van der Waals surface area (Å²) < 4.78 is 16.4. The molecule has 0 spiro atoms. The number of methoxy groups -OCH3 is 2. The molecule has 0 heterocycles. The molecule has 0 N–H and O–H groups in total. The second kappa shape index (κ2) is 10.9. The molecule has 2 atom stereocenters. The van der Waals surface area contributed by atoms with Crippen LogP contribution in [0.3, 0.4) is 0 Å². The van der Waals surface area contributed by atoms with E-state index in [0.717, 1.165) is 37.4 Å². The van der Waals surface area contributed by atoms with Gasteiger partial charge in [0.25, 0.3) is 0 Å². The summed E-state index contributed by atoms with van der Waals surface area (Å²) in [5.41, 5.74) is 0. The molecule has 112 valence electrons. The van der Waals surface area contributed by atoms with Gasteiger partial charge in [-0.25, -0.2) is 0 Å². The van der Waals surface area contributed by atoms with E-state index in [-0.39, 0.29) is 0 Å². The van der Waals surface area contributed by atoms with Gasteiger partial charge in [-0.2, -0.15) is 0 Å². The van der Waals surface area contributed by atoms with E-state index in [1.807, 2.05) is 6.08 Å². The molecule has 19 heavy (non-hydrogen) atoms. The zero-order valence-electron chi connectivity index (χ0n) is 13.4. The number of hydrogen-bond acceptors (Lipinski definition) is 3. The molecule has 0 amide bonds. The molecule has 0 rings (SSSR count). The van der Waals surface area contributed by atoms with Crippen LogP contribution in [-0.2, 0) is 14.2 Å². The Morgan fingerprint density at radius 1 is 1.05 bits per heavy atom. The molecule has 3 nitrogen and oxygen atoms in total. The maximum Gasteiger partial charge on any atom is 0.156 e. The first-order valence-electron chi connectivity index (χ1n) is 7.20. The Kier molecular flexibility index (Phi) is 10.4. The lowest BCUT2D eigenvalue weighted by Crippen LogP contribution is -2.10. The monoisotopic (exact) mass is 270 g/mol. The molecule has 0 radical (unpaired) electrons. The van der Waals surface area contributed by atoms with Crippen molar-refractivity contribution >= 4 is 0 Å². The maximum atomic E-state index is 5.70. The van der Waals surface area contributed by atoms with Gasteiger partial charge in [0.2, 0.25) is 0 Å². The lowest BCUT2D eigenvalue weighted by molar-refractivity contribution is 0.0577. The van der Waals surface area contributed by atoms with Gasteiger partial charge >= 0.3 is 0 Å². The quantitative estimate of drug-likeness (QED) is 0.437. The van der Waals surface area contributed by atoms with Gasteiger partial charge in [0, 0.05) is 6.61 Å². The van der Waals surface area contributed by atoms with E-state index in [2.05, 4.69) is 33.8 Å². The Labute approximate surface area is 118 Å². The fraction of sp³-hybridized carbons (Fsp3) is 0.750. The van der Waals surface area contributed by atoms with E-state index in [9.17, 15) is 0 Å². The SMILES string of the molecule is CC/C=C(OC)\C(=C/C(C)CCOC(C)CC)OC. The van der Waals surface area contributed by atoms with Gasteiger partial charge in [0.05, 0.1) is 20.3 Å². The number of rotatable bonds is 10. The molecule has 0 saturated heterocycles. The van der Waals surface area contributed by atoms with Crippen LogP contribution in [0.25, 0.3) is 0 Å². The third-order valence-electron chi connectivity index (χ3n) is 3.06. The summed E-state index contributed by atoms with van der Waals surface area (Å²) in [5, 5.41) is 0.